The summed E-state index contributed by atoms with van der Waals surface area (Å²) in [6.45, 7) is 2.46. The van der Waals surface area contributed by atoms with Crippen molar-refractivity contribution in [2.75, 3.05) is 19.8 Å². The minimum Gasteiger partial charge on any atom is -0.477 e. The third-order valence-corrected chi connectivity index (χ3v) is 2.93. The minimum atomic E-state index is 0.610. The van der Waals surface area contributed by atoms with Crippen molar-refractivity contribution in [2.24, 2.45) is 5.92 Å². The highest BCUT2D eigenvalue weighted by Crippen LogP contribution is 2.22. The highest BCUT2D eigenvalue weighted by Gasteiger charge is 2.15. The zero-order chi connectivity index (χ0) is 9.80. The van der Waals surface area contributed by atoms with Crippen molar-refractivity contribution in [2.45, 2.75) is 12.8 Å². The lowest BCUT2D eigenvalue weighted by molar-refractivity contribution is 0.0489. The van der Waals surface area contributed by atoms with Crippen molar-refractivity contribution >= 4 is 15.9 Å². The lowest BCUT2D eigenvalue weighted by Gasteiger charge is -2.21. The van der Waals surface area contributed by atoms with E-state index in [0.29, 0.717) is 5.92 Å². The van der Waals surface area contributed by atoms with E-state index in [2.05, 4.69) is 26.1 Å². The quantitative estimate of drug-likeness (QED) is 0.904. The van der Waals surface area contributed by atoms with Gasteiger partial charge in [-0.1, -0.05) is 0 Å². The number of ether oxygens (including phenoxy) is 2. The molecule has 14 heavy (non-hydrogen) atoms. The Balaban J connectivity index is 1.79. The monoisotopic (exact) mass is 260 g/mol. The van der Waals surface area contributed by atoms with Crippen LogP contribution >= 0.6 is 15.9 Å². The average Bonchev–Trinajstić information content (AvgIpc) is 2.63. The van der Waals surface area contributed by atoms with Crippen LogP contribution in [0.3, 0.4) is 0 Å². The Kier molecular flexibility index (Phi) is 3.42. The van der Waals surface area contributed by atoms with Gasteiger partial charge in [-0.25, -0.2) is 5.10 Å². The zero-order valence-corrected chi connectivity index (χ0v) is 9.42. The van der Waals surface area contributed by atoms with Gasteiger partial charge in [0.1, 0.15) is 0 Å². The summed E-state index contributed by atoms with van der Waals surface area (Å²) in [5.74, 6) is 1.33. The summed E-state index contributed by atoms with van der Waals surface area (Å²) in [5, 5.41) is 6.66. The van der Waals surface area contributed by atoms with Crippen molar-refractivity contribution in [3.05, 3.63) is 10.7 Å². The standard InChI is InChI=1S/C9H13BrN2O2/c10-8-5-11-12-9(8)14-6-7-1-3-13-4-2-7/h5,7H,1-4,6H2,(H,11,12). The maximum absolute atomic E-state index is 5.60. The first-order valence-electron chi connectivity index (χ1n) is 4.75. The molecule has 0 aromatic carbocycles. The van der Waals surface area contributed by atoms with E-state index in [1.54, 1.807) is 6.20 Å². The summed E-state index contributed by atoms with van der Waals surface area (Å²) >= 11 is 3.35. The molecule has 2 rings (SSSR count). The molecule has 4 nitrogen and oxygen atoms in total. The Morgan fingerprint density at radius 1 is 1.57 bits per heavy atom. The molecule has 1 aromatic rings. The van der Waals surface area contributed by atoms with Gasteiger partial charge in [0.2, 0.25) is 5.88 Å². The van der Waals surface area contributed by atoms with E-state index in [0.717, 1.165) is 43.0 Å². The van der Waals surface area contributed by atoms with E-state index < -0.39 is 0 Å². The third kappa shape index (κ3) is 2.48. The second kappa shape index (κ2) is 4.79. The van der Waals surface area contributed by atoms with Gasteiger partial charge in [-0.3, -0.25) is 0 Å². The van der Waals surface area contributed by atoms with E-state index in [4.69, 9.17) is 9.47 Å². The van der Waals surface area contributed by atoms with Crippen LogP contribution in [0.2, 0.25) is 0 Å². The average molecular weight is 261 g/mol. The van der Waals surface area contributed by atoms with Crippen molar-refractivity contribution in [1.82, 2.24) is 10.2 Å². The zero-order valence-electron chi connectivity index (χ0n) is 7.83. The van der Waals surface area contributed by atoms with Crippen molar-refractivity contribution in [3.8, 4) is 5.88 Å². The van der Waals surface area contributed by atoms with Crippen LogP contribution in [0.5, 0.6) is 5.88 Å². The molecule has 78 valence electrons. The third-order valence-electron chi connectivity index (χ3n) is 2.37. The van der Waals surface area contributed by atoms with Gasteiger partial charge in [0.05, 0.1) is 17.3 Å². The van der Waals surface area contributed by atoms with Crippen LogP contribution in [0.15, 0.2) is 10.7 Å². The van der Waals surface area contributed by atoms with Gasteiger partial charge in [0.25, 0.3) is 0 Å². The number of hydrogen-bond acceptors (Lipinski definition) is 3. The molecule has 1 fully saturated rings. The number of aromatic nitrogens is 2. The molecule has 0 radical (unpaired) electrons. The second-order valence-electron chi connectivity index (χ2n) is 3.41. The normalized spacial score (nSPS) is 18.4. The molecule has 0 atom stereocenters. The van der Waals surface area contributed by atoms with Gasteiger partial charge in [-0.15, -0.1) is 0 Å². The Hall–Kier alpha value is -0.550. The second-order valence-corrected chi connectivity index (χ2v) is 4.27. The molecule has 0 spiro atoms. The molecule has 0 saturated carbocycles. The van der Waals surface area contributed by atoms with Crippen LogP contribution in [-0.2, 0) is 4.74 Å². The summed E-state index contributed by atoms with van der Waals surface area (Å²) in [4.78, 5) is 0. The summed E-state index contributed by atoms with van der Waals surface area (Å²) in [5.41, 5.74) is 0. The van der Waals surface area contributed by atoms with E-state index in [9.17, 15) is 0 Å². The lowest BCUT2D eigenvalue weighted by atomic mass is 10.0. The summed E-state index contributed by atoms with van der Waals surface area (Å²) < 4.78 is 11.8. The largest absolute Gasteiger partial charge is 0.477 e. The number of aromatic amines is 1. The van der Waals surface area contributed by atoms with Crippen molar-refractivity contribution in [1.29, 1.82) is 0 Å². The Bertz CT molecular complexity index is 284. The lowest BCUT2D eigenvalue weighted by Crippen LogP contribution is -2.21. The van der Waals surface area contributed by atoms with E-state index in [1.807, 2.05) is 0 Å². The summed E-state index contributed by atoms with van der Waals surface area (Å²) in [6, 6.07) is 0. The van der Waals surface area contributed by atoms with Crippen LogP contribution < -0.4 is 4.74 Å². The van der Waals surface area contributed by atoms with E-state index >= 15 is 0 Å². The highest BCUT2D eigenvalue weighted by molar-refractivity contribution is 9.10. The molecule has 5 heteroatoms. The molecule has 0 bridgehead atoms. The van der Waals surface area contributed by atoms with Crippen LogP contribution in [-0.4, -0.2) is 30.0 Å². The van der Waals surface area contributed by atoms with Crippen molar-refractivity contribution < 1.29 is 9.47 Å². The van der Waals surface area contributed by atoms with Crippen LogP contribution in [0.4, 0.5) is 0 Å². The molecular formula is C9H13BrN2O2. The van der Waals surface area contributed by atoms with E-state index in [1.165, 1.54) is 0 Å². The SMILES string of the molecule is Brc1cn[nH]c1OCC1CCOCC1. The molecule has 1 N–H and O–H groups in total. The van der Waals surface area contributed by atoms with Gasteiger partial charge < -0.3 is 9.47 Å². The fourth-order valence-corrected chi connectivity index (χ4v) is 1.78. The summed E-state index contributed by atoms with van der Waals surface area (Å²) in [6.07, 6.45) is 3.87. The first kappa shape index (κ1) is 9.98. The van der Waals surface area contributed by atoms with Crippen LogP contribution in [0.25, 0.3) is 0 Å². The predicted octanol–water partition coefficient (Wildman–Crippen LogP) is 1.98. The topological polar surface area (TPSA) is 47.1 Å². The van der Waals surface area contributed by atoms with Gasteiger partial charge >= 0.3 is 0 Å². The number of H-pyrrole nitrogens is 1. The molecule has 1 saturated heterocycles. The maximum atomic E-state index is 5.60. The molecule has 0 unspecified atom stereocenters. The van der Waals surface area contributed by atoms with Gasteiger partial charge in [-0.05, 0) is 34.7 Å². The van der Waals surface area contributed by atoms with Gasteiger partial charge in [0.15, 0.2) is 0 Å². The molecule has 1 aliphatic heterocycles. The Labute approximate surface area is 91.1 Å². The molecule has 1 aliphatic rings. The number of nitrogens with one attached hydrogen (secondary N) is 1. The van der Waals surface area contributed by atoms with Crippen molar-refractivity contribution in [3.63, 3.8) is 0 Å². The fraction of sp³-hybridized carbons (Fsp3) is 0.667. The minimum absolute atomic E-state index is 0.610. The first-order chi connectivity index (χ1) is 6.86. The maximum Gasteiger partial charge on any atom is 0.223 e. The molecule has 0 aliphatic carbocycles. The van der Waals surface area contributed by atoms with E-state index in [-0.39, 0.29) is 0 Å². The molecule has 2 heterocycles. The number of rotatable bonds is 3. The highest BCUT2D eigenvalue weighted by atomic mass is 79.9. The number of hydrogen-bond donors (Lipinski definition) is 1. The predicted molar refractivity (Wildman–Crippen MR) is 55.3 cm³/mol. The van der Waals surface area contributed by atoms with Crippen LogP contribution in [0.1, 0.15) is 12.8 Å². The molecular weight excluding hydrogens is 248 g/mol. The molecule has 0 amide bonds. The van der Waals surface area contributed by atoms with Gasteiger partial charge in [0, 0.05) is 13.2 Å². The first-order valence-corrected chi connectivity index (χ1v) is 5.55. The Morgan fingerprint density at radius 2 is 2.36 bits per heavy atom. The fourth-order valence-electron chi connectivity index (χ4n) is 1.48. The number of halogens is 1. The van der Waals surface area contributed by atoms with Crippen LogP contribution in [0, 0.1) is 5.92 Å². The summed E-state index contributed by atoms with van der Waals surface area (Å²) in [7, 11) is 0. The van der Waals surface area contributed by atoms with Gasteiger partial charge in [-0.2, -0.15) is 5.10 Å². The Morgan fingerprint density at radius 3 is 3.00 bits per heavy atom. The number of nitrogens with zero attached hydrogens (tertiary/aromatic N) is 1. The smallest absolute Gasteiger partial charge is 0.223 e. The molecule has 1 aromatic heterocycles.